The topological polar surface area (TPSA) is 69.2 Å². The van der Waals surface area contributed by atoms with Gasteiger partial charge in [0.05, 0.1) is 11.6 Å². The van der Waals surface area contributed by atoms with Crippen LogP contribution < -0.4 is 0 Å². The third-order valence-electron chi connectivity index (χ3n) is 5.51. The summed E-state index contributed by atoms with van der Waals surface area (Å²) in [6.07, 6.45) is 3.68. The third-order valence-corrected chi connectivity index (χ3v) is 5.51. The summed E-state index contributed by atoms with van der Waals surface area (Å²) < 4.78 is 0. The molecule has 2 aromatic rings. The number of amides is 1. The zero-order valence-electron chi connectivity index (χ0n) is 12.7. The number of carbonyl (C=O) groups excluding carboxylic acids is 1. The molecule has 4 rings (SSSR count). The zero-order chi connectivity index (χ0) is 15.3. The average Bonchev–Trinajstić information content (AvgIpc) is 3.17. The smallest absolute Gasteiger partial charge is 0.274 e. The van der Waals surface area contributed by atoms with Gasteiger partial charge in [0.25, 0.3) is 5.91 Å². The van der Waals surface area contributed by atoms with Gasteiger partial charge in [-0.3, -0.25) is 9.89 Å². The van der Waals surface area contributed by atoms with Crippen LogP contribution in [0.25, 0.3) is 10.9 Å². The van der Waals surface area contributed by atoms with E-state index in [4.69, 9.17) is 0 Å². The molecule has 5 nitrogen and oxygen atoms in total. The molecule has 4 atom stereocenters. The fraction of sp³-hybridized carbons (Fsp3) is 0.529. The number of hydrogen-bond donors (Lipinski definition) is 2. The number of aliphatic hydroxyl groups excluding tert-OH is 1. The summed E-state index contributed by atoms with van der Waals surface area (Å²) >= 11 is 0. The number of H-pyrrole nitrogens is 1. The minimum absolute atomic E-state index is 0.0111. The number of benzene rings is 1. The molecule has 0 spiro atoms. The maximum absolute atomic E-state index is 12.8. The molecule has 2 aliphatic carbocycles. The highest BCUT2D eigenvalue weighted by molar-refractivity contribution is 6.04. The monoisotopic (exact) mass is 299 g/mol. The quantitative estimate of drug-likeness (QED) is 0.893. The van der Waals surface area contributed by atoms with Gasteiger partial charge in [0.2, 0.25) is 0 Å². The van der Waals surface area contributed by atoms with E-state index in [0.29, 0.717) is 17.5 Å². The predicted molar refractivity (Wildman–Crippen MR) is 83.4 cm³/mol. The van der Waals surface area contributed by atoms with Gasteiger partial charge in [0.1, 0.15) is 0 Å². The first kappa shape index (κ1) is 13.8. The Morgan fingerprint density at radius 3 is 2.64 bits per heavy atom. The third kappa shape index (κ3) is 2.11. The van der Waals surface area contributed by atoms with Crippen molar-refractivity contribution >= 4 is 16.8 Å². The highest BCUT2D eigenvalue weighted by Gasteiger charge is 2.43. The van der Waals surface area contributed by atoms with Crippen LogP contribution in [-0.2, 0) is 0 Å². The van der Waals surface area contributed by atoms with Crippen molar-refractivity contribution in [2.24, 2.45) is 11.8 Å². The highest BCUT2D eigenvalue weighted by atomic mass is 16.3. The number of aromatic nitrogens is 2. The summed E-state index contributed by atoms with van der Waals surface area (Å²) in [4.78, 5) is 14.6. The fourth-order valence-electron chi connectivity index (χ4n) is 4.33. The van der Waals surface area contributed by atoms with Crippen LogP contribution in [0.5, 0.6) is 0 Å². The molecule has 2 fully saturated rings. The Kier molecular flexibility index (Phi) is 3.18. The minimum atomic E-state index is -0.132. The molecule has 0 radical (unpaired) electrons. The largest absolute Gasteiger partial charge is 0.393 e. The normalized spacial score (nSPS) is 30.6. The Bertz CT molecular complexity index is 697. The summed E-state index contributed by atoms with van der Waals surface area (Å²) in [7, 11) is 1.88. The van der Waals surface area contributed by atoms with Crippen LogP contribution >= 0.6 is 0 Å². The molecule has 1 aromatic carbocycles. The summed E-state index contributed by atoms with van der Waals surface area (Å²) in [5.74, 6) is 1.14. The lowest BCUT2D eigenvalue weighted by molar-refractivity contribution is 0.0718. The van der Waals surface area contributed by atoms with Crippen LogP contribution in [0.15, 0.2) is 24.3 Å². The maximum Gasteiger partial charge on any atom is 0.274 e. The molecule has 0 saturated heterocycles. The first-order chi connectivity index (χ1) is 10.6. The summed E-state index contributed by atoms with van der Waals surface area (Å²) in [5, 5.41) is 17.8. The first-order valence-electron chi connectivity index (χ1n) is 8.02. The van der Waals surface area contributed by atoms with E-state index < -0.39 is 0 Å². The van der Waals surface area contributed by atoms with Crippen LogP contribution in [0.2, 0.25) is 0 Å². The second-order valence-corrected chi connectivity index (χ2v) is 6.80. The number of aliphatic hydroxyl groups is 1. The molecule has 1 heterocycles. The Labute approximate surface area is 129 Å². The SMILES string of the molecule is CN(C(=O)c1n[nH]c2ccccc12)C1C[C@H]2CC(O)C[C@H]2C1. The number of hydrogen-bond acceptors (Lipinski definition) is 3. The number of para-hydroxylation sites is 1. The lowest BCUT2D eigenvalue weighted by atomic mass is 10.0. The van der Waals surface area contributed by atoms with Gasteiger partial charge in [0, 0.05) is 18.5 Å². The predicted octanol–water partition coefficient (Wildman–Crippen LogP) is 2.18. The number of fused-ring (bicyclic) bond motifs is 2. The van der Waals surface area contributed by atoms with Crippen LogP contribution in [-0.4, -0.2) is 45.3 Å². The van der Waals surface area contributed by atoms with Crippen molar-refractivity contribution in [2.75, 3.05) is 7.05 Å². The fourth-order valence-corrected chi connectivity index (χ4v) is 4.33. The highest BCUT2D eigenvalue weighted by Crippen LogP contribution is 2.45. The van der Waals surface area contributed by atoms with E-state index in [1.165, 1.54) is 0 Å². The van der Waals surface area contributed by atoms with Crippen molar-refractivity contribution in [3.8, 4) is 0 Å². The Morgan fingerprint density at radius 2 is 1.91 bits per heavy atom. The summed E-state index contributed by atoms with van der Waals surface area (Å²) in [5.41, 5.74) is 1.40. The molecule has 0 aliphatic heterocycles. The van der Waals surface area contributed by atoms with Crippen LogP contribution in [0.1, 0.15) is 36.2 Å². The van der Waals surface area contributed by atoms with Gasteiger partial charge >= 0.3 is 0 Å². The number of nitrogens with one attached hydrogen (secondary N) is 1. The van der Waals surface area contributed by atoms with E-state index in [-0.39, 0.29) is 18.1 Å². The molecular formula is C17H21N3O2. The molecule has 2 unspecified atom stereocenters. The van der Waals surface area contributed by atoms with E-state index in [2.05, 4.69) is 10.2 Å². The van der Waals surface area contributed by atoms with Gasteiger partial charge < -0.3 is 10.0 Å². The molecule has 0 bridgehead atoms. The lowest BCUT2D eigenvalue weighted by Gasteiger charge is -2.25. The van der Waals surface area contributed by atoms with E-state index in [1.54, 1.807) is 0 Å². The van der Waals surface area contributed by atoms with Gasteiger partial charge in [-0.25, -0.2) is 0 Å². The van der Waals surface area contributed by atoms with Crippen LogP contribution in [0.3, 0.4) is 0 Å². The van der Waals surface area contributed by atoms with Crippen LogP contribution in [0.4, 0.5) is 0 Å². The minimum Gasteiger partial charge on any atom is -0.393 e. The van der Waals surface area contributed by atoms with Gasteiger partial charge in [0.15, 0.2) is 5.69 Å². The number of nitrogens with zero attached hydrogens (tertiary/aromatic N) is 2. The molecule has 2 N–H and O–H groups in total. The molecule has 1 aromatic heterocycles. The van der Waals surface area contributed by atoms with E-state index in [9.17, 15) is 9.90 Å². The lowest BCUT2D eigenvalue weighted by Crippen LogP contribution is -2.36. The van der Waals surface area contributed by atoms with Crippen molar-refractivity contribution in [1.29, 1.82) is 0 Å². The van der Waals surface area contributed by atoms with Crippen molar-refractivity contribution in [1.82, 2.24) is 15.1 Å². The van der Waals surface area contributed by atoms with Gasteiger partial charge in [-0.1, -0.05) is 18.2 Å². The molecule has 2 saturated carbocycles. The molecular weight excluding hydrogens is 278 g/mol. The first-order valence-corrected chi connectivity index (χ1v) is 8.02. The Hall–Kier alpha value is -1.88. The van der Waals surface area contributed by atoms with Crippen molar-refractivity contribution in [2.45, 2.75) is 37.8 Å². The average molecular weight is 299 g/mol. The van der Waals surface area contributed by atoms with Gasteiger partial charge in [-0.2, -0.15) is 5.10 Å². The summed E-state index contributed by atoms with van der Waals surface area (Å²) in [6, 6.07) is 7.99. The molecule has 116 valence electrons. The van der Waals surface area contributed by atoms with E-state index in [1.807, 2.05) is 36.2 Å². The standard InChI is InChI=1S/C17H21N3O2/c1-20(12-6-10-8-13(21)9-11(10)7-12)17(22)16-14-4-2-3-5-15(14)18-19-16/h2-5,10-13,21H,6-9H2,1H3,(H,18,19)/t10-,11+,12?,13?. The van der Waals surface area contributed by atoms with E-state index >= 15 is 0 Å². The summed E-state index contributed by atoms with van der Waals surface area (Å²) in [6.45, 7) is 0. The maximum atomic E-state index is 12.8. The van der Waals surface area contributed by atoms with Crippen molar-refractivity contribution < 1.29 is 9.90 Å². The second-order valence-electron chi connectivity index (χ2n) is 6.80. The van der Waals surface area contributed by atoms with Crippen molar-refractivity contribution in [3.05, 3.63) is 30.0 Å². The molecule has 1 amide bonds. The Morgan fingerprint density at radius 1 is 1.23 bits per heavy atom. The second kappa shape index (κ2) is 5.09. The van der Waals surface area contributed by atoms with E-state index in [0.717, 1.165) is 36.6 Å². The number of rotatable bonds is 2. The Balaban J connectivity index is 1.53. The number of aromatic amines is 1. The molecule has 22 heavy (non-hydrogen) atoms. The molecule has 5 heteroatoms. The van der Waals surface area contributed by atoms with Gasteiger partial charge in [-0.05, 0) is 43.6 Å². The van der Waals surface area contributed by atoms with Crippen LogP contribution in [0, 0.1) is 11.8 Å². The number of carbonyl (C=O) groups is 1. The van der Waals surface area contributed by atoms with Gasteiger partial charge in [-0.15, -0.1) is 0 Å². The zero-order valence-corrected chi connectivity index (χ0v) is 12.7. The molecule has 2 aliphatic rings. The van der Waals surface area contributed by atoms with Crippen molar-refractivity contribution in [3.63, 3.8) is 0 Å².